The molecule has 1 aromatic heterocycles. The van der Waals surface area contributed by atoms with Gasteiger partial charge in [-0.25, -0.2) is 0 Å². The van der Waals surface area contributed by atoms with E-state index in [0.29, 0.717) is 44.6 Å². The Kier molecular flexibility index (Phi) is 8.41. The molecule has 0 fully saturated rings. The van der Waals surface area contributed by atoms with Crippen LogP contribution in [-0.2, 0) is 14.2 Å². The van der Waals surface area contributed by atoms with E-state index in [1.165, 1.54) is 0 Å². The van der Waals surface area contributed by atoms with E-state index in [4.69, 9.17) is 14.2 Å². The van der Waals surface area contributed by atoms with E-state index in [9.17, 15) is 0 Å². The maximum absolute atomic E-state index is 5.19. The highest BCUT2D eigenvalue weighted by atomic mass is 16.5. The third kappa shape index (κ3) is 5.24. The molecule has 1 aromatic rings. The Balaban J connectivity index is 3.15. The smallest absolute Gasteiger partial charge is 0.235 e. The second kappa shape index (κ2) is 10.1. The van der Waals surface area contributed by atoms with Gasteiger partial charge in [-0.15, -0.1) is 0 Å². The first-order valence-electron chi connectivity index (χ1n) is 7.16. The second-order valence-corrected chi connectivity index (χ2v) is 4.44. The summed E-state index contributed by atoms with van der Waals surface area (Å²) < 4.78 is 15.5. The van der Waals surface area contributed by atoms with Gasteiger partial charge in [-0.2, -0.15) is 15.0 Å². The summed E-state index contributed by atoms with van der Waals surface area (Å²) in [5.41, 5.74) is 0. The monoisotopic (exact) mass is 314 g/mol. The first kappa shape index (κ1) is 18.3. The zero-order chi connectivity index (χ0) is 16.4. The van der Waals surface area contributed by atoms with Crippen LogP contribution in [0.5, 0.6) is 0 Å². The lowest BCUT2D eigenvalue weighted by molar-refractivity contribution is 0.138. The van der Waals surface area contributed by atoms with E-state index in [2.05, 4.69) is 20.3 Å². The highest BCUT2D eigenvalue weighted by molar-refractivity contribution is 5.44. The average molecular weight is 314 g/mol. The molecule has 0 atom stereocenters. The van der Waals surface area contributed by atoms with Crippen LogP contribution >= 0.6 is 0 Å². The van der Waals surface area contributed by atoms with Crippen molar-refractivity contribution in [3.05, 3.63) is 0 Å². The summed E-state index contributed by atoms with van der Waals surface area (Å²) in [7, 11) is 4.86. The molecular formula is C13H26N6O3. The molecule has 0 spiro atoms. The maximum atomic E-state index is 5.19. The number of methoxy groups -OCH3 is 3. The molecule has 0 unspecified atom stereocenters. The van der Waals surface area contributed by atoms with Crippen LogP contribution in [0.1, 0.15) is 13.8 Å². The number of hydrogen-bond donors (Lipinski definition) is 1. The van der Waals surface area contributed by atoms with E-state index in [-0.39, 0.29) is 0 Å². The fourth-order valence-corrected chi connectivity index (χ4v) is 1.78. The van der Waals surface area contributed by atoms with Gasteiger partial charge in [0.2, 0.25) is 17.8 Å². The number of nitrogens with zero attached hydrogens (tertiary/aromatic N) is 5. The molecule has 0 saturated heterocycles. The Morgan fingerprint density at radius 1 is 0.818 bits per heavy atom. The van der Waals surface area contributed by atoms with Crippen molar-refractivity contribution in [3.63, 3.8) is 0 Å². The van der Waals surface area contributed by atoms with Crippen molar-refractivity contribution < 1.29 is 14.2 Å². The lowest BCUT2D eigenvalue weighted by atomic mass is 10.6. The molecule has 0 aliphatic heterocycles. The molecule has 126 valence electrons. The van der Waals surface area contributed by atoms with Crippen molar-refractivity contribution >= 4 is 17.8 Å². The number of aromatic nitrogens is 3. The number of hydrogen-bond acceptors (Lipinski definition) is 9. The minimum Gasteiger partial charge on any atom is -0.364 e. The molecule has 0 aromatic carbocycles. The summed E-state index contributed by atoms with van der Waals surface area (Å²) in [5, 5.41) is 3.11. The Morgan fingerprint density at radius 2 is 1.32 bits per heavy atom. The topological polar surface area (TPSA) is 84.9 Å². The van der Waals surface area contributed by atoms with Crippen molar-refractivity contribution in [3.8, 4) is 0 Å². The summed E-state index contributed by atoms with van der Waals surface area (Å²) in [5.74, 6) is 1.54. The molecule has 0 aliphatic rings. The van der Waals surface area contributed by atoms with Crippen LogP contribution in [0.2, 0.25) is 0 Å². The number of anilines is 3. The molecule has 9 heteroatoms. The largest absolute Gasteiger partial charge is 0.364 e. The zero-order valence-corrected chi connectivity index (χ0v) is 14.0. The fourth-order valence-electron chi connectivity index (χ4n) is 1.78. The van der Waals surface area contributed by atoms with Crippen molar-refractivity contribution in [1.82, 2.24) is 15.0 Å². The van der Waals surface area contributed by atoms with Crippen LogP contribution in [-0.4, -0.2) is 69.6 Å². The highest BCUT2D eigenvalue weighted by Crippen LogP contribution is 2.16. The molecule has 9 nitrogen and oxygen atoms in total. The lowest BCUT2D eigenvalue weighted by Gasteiger charge is -2.24. The first-order chi connectivity index (χ1) is 10.7. The molecule has 22 heavy (non-hydrogen) atoms. The molecule has 0 saturated carbocycles. The van der Waals surface area contributed by atoms with Gasteiger partial charge >= 0.3 is 0 Å². The van der Waals surface area contributed by atoms with Crippen LogP contribution in [0.3, 0.4) is 0 Å². The van der Waals surface area contributed by atoms with Gasteiger partial charge < -0.3 is 24.4 Å². The third-order valence-electron chi connectivity index (χ3n) is 2.75. The minimum absolute atomic E-state index is 0.319. The predicted molar refractivity (Wildman–Crippen MR) is 85.1 cm³/mol. The van der Waals surface area contributed by atoms with E-state index >= 15 is 0 Å². The Bertz CT molecular complexity index is 428. The molecular weight excluding hydrogens is 288 g/mol. The van der Waals surface area contributed by atoms with Crippen LogP contribution in [0.4, 0.5) is 17.8 Å². The van der Waals surface area contributed by atoms with Gasteiger partial charge in [0.25, 0.3) is 0 Å². The van der Waals surface area contributed by atoms with Crippen molar-refractivity contribution in [2.45, 2.75) is 13.8 Å². The highest BCUT2D eigenvalue weighted by Gasteiger charge is 2.16. The van der Waals surface area contributed by atoms with E-state index < -0.39 is 0 Å². The normalized spacial score (nSPS) is 10.6. The molecule has 0 radical (unpaired) electrons. The molecule has 0 bridgehead atoms. The molecule has 0 amide bonds. The first-order valence-corrected chi connectivity index (χ1v) is 7.16. The molecule has 0 aliphatic carbocycles. The van der Waals surface area contributed by atoms with Crippen molar-refractivity contribution in [1.29, 1.82) is 0 Å². The summed E-state index contributed by atoms with van der Waals surface area (Å²) in [6, 6.07) is 0. The molecule has 1 rings (SSSR count). The van der Waals surface area contributed by atoms with Gasteiger partial charge in [-0.1, -0.05) is 0 Å². The summed E-state index contributed by atoms with van der Waals surface area (Å²) in [4.78, 5) is 17.0. The maximum Gasteiger partial charge on any atom is 0.235 e. The van der Waals surface area contributed by atoms with E-state index in [1.54, 1.807) is 26.2 Å². The third-order valence-corrected chi connectivity index (χ3v) is 2.75. The van der Waals surface area contributed by atoms with Gasteiger partial charge in [-0.3, -0.25) is 4.90 Å². The Hall–Kier alpha value is -1.71. The van der Waals surface area contributed by atoms with Crippen LogP contribution in [0.15, 0.2) is 0 Å². The van der Waals surface area contributed by atoms with Gasteiger partial charge in [-0.05, 0) is 13.8 Å². The van der Waals surface area contributed by atoms with E-state index in [1.807, 2.05) is 18.7 Å². The van der Waals surface area contributed by atoms with Crippen molar-refractivity contribution in [2.75, 3.05) is 69.7 Å². The average Bonchev–Trinajstić information content (AvgIpc) is 2.52. The summed E-state index contributed by atoms with van der Waals surface area (Å²) in [6.07, 6.45) is 0. The number of rotatable bonds is 11. The lowest BCUT2D eigenvalue weighted by Crippen LogP contribution is -2.32. The number of ether oxygens (including phenoxy) is 3. The standard InChI is InChI=1S/C13H26N6O3/c1-6-14-11-15-12(18(7-2)8-20-3)17-13(16-11)19(9-21-4)10-22-5/h6-10H2,1-5H3,(H,14,15,16,17). The minimum atomic E-state index is 0.319. The predicted octanol–water partition coefficient (Wildman–Crippen LogP) is 0.748. The number of nitrogens with one attached hydrogen (secondary N) is 1. The Morgan fingerprint density at radius 3 is 1.77 bits per heavy atom. The van der Waals surface area contributed by atoms with E-state index in [0.717, 1.165) is 6.54 Å². The molecule has 1 heterocycles. The molecule has 1 N–H and O–H groups in total. The Labute approximate surface area is 131 Å². The van der Waals surface area contributed by atoms with Crippen LogP contribution in [0, 0.1) is 0 Å². The van der Waals surface area contributed by atoms with Crippen molar-refractivity contribution in [2.24, 2.45) is 0 Å². The quantitative estimate of drug-likeness (QED) is 0.595. The fraction of sp³-hybridized carbons (Fsp3) is 0.769. The summed E-state index contributed by atoms with van der Waals surface area (Å²) in [6.45, 7) is 6.47. The van der Waals surface area contributed by atoms with Gasteiger partial charge in [0.05, 0.1) is 0 Å². The SMILES string of the molecule is CCNc1nc(N(CC)COC)nc(N(COC)COC)n1. The zero-order valence-electron chi connectivity index (χ0n) is 14.0. The van der Waals surface area contributed by atoms with Crippen LogP contribution < -0.4 is 15.1 Å². The van der Waals surface area contributed by atoms with Gasteiger partial charge in [0.15, 0.2) is 0 Å². The second-order valence-electron chi connectivity index (χ2n) is 4.44. The van der Waals surface area contributed by atoms with Gasteiger partial charge in [0.1, 0.15) is 20.2 Å². The van der Waals surface area contributed by atoms with Crippen LogP contribution in [0.25, 0.3) is 0 Å². The van der Waals surface area contributed by atoms with Gasteiger partial charge in [0, 0.05) is 34.4 Å². The summed E-state index contributed by atoms with van der Waals surface area (Å²) >= 11 is 0.